The quantitative estimate of drug-likeness (QED) is 0.825. The van der Waals surface area contributed by atoms with E-state index < -0.39 is 0 Å². The summed E-state index contributed by atoms with van der Waals surface area (Å²) in [7, 11) is 1.70. The Labute approximate surface area is 121 Å². The van der Waals surface area contributed by atoms with Gasteiger partial charge >= 0.3 is 0 Å². The van der Waals surface area contributed by atoms with Crippen molar-refractivity contribution in [2.24, 2.45) is 12.8 Å². The highest BCUT2D eigenvalue weighted by Gasteiger charge is 2.10. The summed E-state index contributed by atoms with van der Waals surface area (Å²) in [5, 5.41) is 7.24. The van der Waals surface area contributed by atoms with Gasteiger partial charge in [0.25, 0.3) is 5.91 Å². The van der Waals surface area contributed by atoms with Crippen molar-refractivity contribution in [3.8, 4) is 11.8 Å². The highest BCUT2D eigenvalue weighted by Crippen LogP contribution is 2.20. The highest BCUT2D eigenvalue weighted by atomic mass is 35.5. The summed E-state index contributed by atoms with van der Waals surface area (Å²) < 4.78 is 1.50. The maximum absolute atomic E-state index is 12.0. The maximum Gasteiger partial charge on any atom is 0.273 e. The van der Waals surface area contributed by atoms with E-state index in [-0.39, 0.29) is 12.5 Å². The molecule has 0 atom stereocenters. The second-order valence-corrected chi connectivity index (χ2v) is 4.40. The van der Waals surface area contributed by atoms with Gasteiger partial charge in [0.2, 0.25) is 0 Å². The van der Waals surface area contributed by atoms with E-state index in [0.717, 1.165) is 0 Å². The molecule has 1 amide bonds. The minimum absolute atomic E-state index is 0.245. The molecule has 0 bridgehead atoms. The molecule has 1 aromatic carbocycles. The zero-order chi connectivity index (χ0) is 14.5. The molecule has 3 N–H and O–H groups in total. The molecule has 2 rings (SSSR count). The molecule has 0 unspecified atom stereocenters. The van der Waals surface area contributed by atoms with Crippen LogP contribution in [0.4, 0.5) is 5.69 Å². The first-order chi connectivity index (χ1) is 9.61. The lowest BCUT2D eigenvalue weighted by Gasteiger charge is -2.06. The van der Waals surface area contributed by atoms with E-state index in [1.165, 1.54) is 4.68 Å². The van der Waals surface area contributed by atoms with Crippen LogP contribution in [0, 0.1) is 11.8 Å². The molecule has 6 heteroatoms. The van der Waals surface area contributed by atoms with Crippen molar-refractivity contribution in [1.82, 2.24) is 9.78 Å². The van der Waals surface area contributed by atoms with Crippen LogP contribution in [-0.4, -0.2) is 22.2 Å². The molecule has 1 heterocycles. The molecule has 0 fully saturated rings. The van der Waals surface area contributed by atoms with Crippen LogP contribution in [0.1, 0.15) is 16.1 Å². The first-order valence-electron chi connectivity index (χ1n) is 5.89. The Morgan fingerprint density at radius 1 is 1.50 bits per heavy atom. The lowest BCUT2D eigenvalue weighted by atomic mass is 10.2. The number of nitrogens with zero attached hydrogens (tertiary/aromatic N) is 2. The standard InChI is InChI=1S/C14H13ClN4O/c1-19-13(6-8-17-19)14(20)18-11-4-5-12(15)10(9-11)3-2-7-16/h4-6,8-9H,7,16H2,1H3,(H,18,20). The Morgan fingerprint density at radius 3 is 2.95 bits per heavy atom. The van der Waals surface area contributed by atoms with Gasteiger partial charge in [0.05, 0.1) is 11.6 Å². The van der Waals surface area contributed by atoms with E-state index in [4.69, 9.17) is 17.3 Å². The van der Waals surface area contributed by atoms with Crippen LogP contribution in [0.25, 0.3) is 0 Å². The number of halogens is 1. The number of nitrogens with two attached hydrogens (primary N) is 1. The van der Waals surface area contributed by atoms with E-state index in [2.05, 4.69) is 22.3 Å². The fourth-order valence-electron chi connectivity index (χ4n) is 1.64. The zero-order valence-corrected chi connectivity index (χ0v) is 11.6. The van der Waals surface area contributed by atoms with E-state index in [1.807, 2.05) is 0 Å². The summed E-state index contributed by atoms with van der Waals surface area (Å²) in [5.74, 6) is 5.34. The molecule has 0 aliphatic rings. The fourth-order valence-corrected chi connectivity index (χ4v) is 1.80. The third-order valence-corrected chi connectivity index (χ3v) is 2.93. The van der Waals surface area contributed by atoms with E-state index in [0.29, 0.717) is 22.0 Å². The number of nitrogens with one attached hydrogen (secondary N) is 1. The maximum atomic E-state index is 12.0. The number of benzene rings is 1. The number of rotatable bonds is 2. The van der Waals surface area contributed by atoms with Crippen LogP contribution in [0.5, 0.6) is 0 Å². The lowest BCUT2D eigenvalue weighted by molar-refractivity contribution is 0.101. The van der Waals surface area contributed by atoms with Crippen LogP contribution < -0.4 is 11.1 Å². The molecule has 1 aromatic heterocycles. The molecule has 0 aliphatic heterocycles. The zero-order valence-electron chi connectivity index (χ0n) is 10.9. The van der Waals surface area contributed by atoms with Gasteiger partial charge in [0.15, 0.2) is 0 Å². The number of hydrogen-bond acceptors (Lipinski definition) is 3. The average molecular weight is 289 g/mol. The van der Waals surface area contributed by atoms with Crippen LogP contribution in [0.3, 0.4) is 0 Å². The van der Waals surface area contributed by atoms with Crippen molar-refractivity contribution in [2.45, 2.75) is 0 Å². The van der Waals surface area contributed by atoms with Crippen LogP contribution in [0.15, 0.2) is 30.5 Å². The SMILES string of the molecule is Cn1nccc1C(=O)Nc1ccc(Cl)c(C#CCN)c1. The lowest BCUT2D eigenvalue weighted by Crippen LogP contribution is -2.16. The molecule has 20 heavy (non-hydrogen) atoms. The molecule has 102 valence electrons. The van der Waals surface area contributed by atoms with E-state index in [1.54, 1.807) is 37.5 Å². The Balaban J connectivity index is 2.22. The van der Waals surface area contributed by atoms with Gasteiger partial charge in [-0.3, -0.25) is 9.48 Å². The number of anilines is 1. The first-order valence-corrected chi connectivity index (χ1v) is 6.27. The van der Waals surface area contributed by atoms with Crippen molar-refractivity contribution >= 4 is 23.2 Å². The molecule has 5 nitrogen and oxygen atoms in total. The van der Waals surface area contributed by atoms with Crippen LogP contribution >= 0.6 is 11.6 Å². The van der Waals surface area contributed by atoms with Crippen LogP contribution in [0.2, 0.25) is 5.02 Å². The molecular weight excluding hydrogens is 276 g/mol. The summed E-state index contributed by atoms with van der Waals surface area (Å²) in [4.78, 5) is 12.0. The smallest absolute Gasteiger partial charge is 0.273 e. The third-order valence-electron chi connectivity index (χ3n) is 2.60. The third kappa shape index (κ3) is 3.18. The summed E-state index contributed by atoms with van der Waals surface area (Å²) in [6.07, 6.45) is 1.56. The summed E-state index contributed by atoms with van der Waals surface area (Å²) in [6.45, 7) is 0.252. The van der Waals surface area contributed by atoms with Gasteiger partial charge in [-0.25, -0.2) is 0 Å². The van der Waals surface area contributed by atoms with Gasteiger partial charge in [0, 0.05) is 24.5 Å². The Morgan fingerprint density at radius 2 is 2.30 bits per heavy atom. The van der Waals surface area contributed by atoms with E-state index >= 15 is 0 Å². The summed E-state index contributed by atoms with van der Waals surface area (Å²) in [5.41, 5.74) is 7.03. The molecular formula is C14H13ClN4O. The Kier molecular flexibility index (Phi) is 4.41. The number of amides is 1. The topological polar surface area (TPSA) is 72.9 Å². The highest BCUT2D eigenvalue weighted by molar-refractivity contribution is 6.31. The number of aryl methyl sites for hydroxylation is 1. The van der Waals surface area contributed by atoms with Crippen molar-refractivity contribution in [3.63, 3.8) is 0 Å². The van der Waals surface area contributed by atoms with Crippen molar-refractivity contribution < 1.29 is 4.79 Å². The second kappa shape index (κ2) is 6.24. The predicted octanol–water partition coefficient (Wildman–Crippen LogP) is 1.64. The van der Waals surface area contributed by atoms with E-state index in [9.17, 15) is 4.79 Å². The van der Waals surface area contributed by atoms with Gasteiger partial charge in [0.1, 0.15) is 5.69 Å². The molecule has 2 aromatic rings. The van der Waals surface area contributed by atoms with Crippen molar-refractivity contribution in [3.05, 3.63) is 46.7 Å². The fraction of sp³-hybridized carbons (Fsp3) is 0.143. The van der Waals surface area contributed by atoms with Gasteiger partial charge in [-0.1, -0.05) is 23.4 Å². The molecule has 0 saturated carbocycles. The Bertz CT molecular complexity index is 697. The number of aromatic nitrogens is 2. The van der Waals surface area contributed by atoms with Gasteiger partial charge in [-0.15, -0.1) is 0 Å². The van der Waals surface area contributed by atoms with Crippen molar-refractivity contribution in [2.75, 3.05) is 11.9 Å². The van der Waals surface area contributed by atoms with Crippen LogP contribution in [-0.2, 0) is 7.05 Å². The first kappa shape index (κ1) is 14.1. The molecule has 0 radical (unpaired) electrons. The summed E-state index contributed by atoms with van der Waals surface area (Å²) in [6, 6.07) is 6.74. The summed E-state index contributed by atoms with van der Waals surface area (Å²) >= 11 is 6.02. The largest absolute Gasteiger partial charge is 0.321 e. The molecule has 0 aliphatic carbocycles. The Hall–Kier alpha value is -2.29. The van der Waals surface area contributed by atoms with Crippen molar-refractivity contribution in [1.29, 1.82) is 0 Å². The minimum Gasteiger partial charge on any atom is -0.321 e. The molecule has 0 saturated heterocycles. The minimum atomic E-state index is -0.245. The van der Waals surface area contributed by atoms with Gasteiger partial charge < -0.3 is 11.1 Å². The predicted molar refractivity (Wildman–Crippen MR) is 78.5 cm³/mol. The average Bonchev–Trinajstić information content (AvgIpc) is 2.85. The number of hydrogen-bond donors (Lipinski definition) is 2. The monoisotopic (exact) mass is 288 g/mol. The second-order valence-electron chi connectivity index (χ2n) is 3.99. The number of carbonyl (C=O) groups excluding carboxylic acids is 1. The van der Waals surface area contributed by atoms with Gasteiger partial charge in [-0.2, -0.15) is 5.10 Å². The normalized spacial score (nSPS) is 9.75. The van der Waals surface area contributed by atoms with Gasteiger partial charge in [-0.05, 0) is 24.3 Å². The number of carbonyl (C=O) groups is 1. The molecule has 0 spiro atoms.